The van der Waals surface area contributed by atoms with Crippen molar-refractivity contribution in [3.05, 3.63) is 89.8 Å². The molecule has 0 radical (unpaired) electrons. The van der Waals surface area contributed by atoms with Crippen molar-refractivity contribution < 1.29 is 13.6 Å². The first kappa shape index (κ1) is 23.5. The molecule has 1 aromatic heterocycles. The second-order valence-electron chi connectivity index (χ2n) is 8.26. The van der Waals surface area contributed by atoms with Gasteiger partial charge in [0.05, 0.1) is 11.0 Å². The summed E-state index contributed by atoms with van der Waals surface area (Å²) >= 11 is 0. The van der Waals surface area contributed by atoms with E-state index in [0.717, 1.165) is 28.6 Å². The van der Waals surface area contributed by atoms with Gasteiger partial charge in [-0.05, 0) is 72.5 Å². The number of hydrogen-bond donors (Lipinski definition) is 3. The van der Waals surface area contributed by atoms with Gasteiger partial charge in [0, 0.05) is 19.1 Å². The number of hydrogen-bond acceptors (Lipinski definition) is 4. The Morgan fingerprint density at radius 3 is 2.29 bits per heavy atom. The van der Waals surface area contributed by atoms with E-state index in [1.165, 1.54) is 24.3 Å². The van der Waals surface area contributed by atoms with Crippen LogP contribution in [-0.4, -0.2) is 34.6 Å². The van der Waals surface area contributed by atoms with Crippen molar-refractivity contribution in [2.24, 2.45) is 11.5 Å². The third-order valence-electron chi connectivity index (χ3n) is 5.69. The molecule has 3 aromatic carbocycles. The summed E-state index contributed by atoms with van der Waals surface area (Å²) in [5, 5.41) is 2.87. The molecule has 1 amide bonds. The van der Waals surface area contributed by atoms with Crippen LogP contribution >= 0.6 is 0 Å². The van der Waals surface area contributed by atoms with Crippen molar-refractivity contribution in [2.75, 3.05) is 13.1 Å². The highest BCUT2D eigenvalue weighted by Gasteiger charge is 2.19. The number of carbonyl (C=O) groups is 1. The molecule has 0 saturated heterocycles. The van der Waals surface area contributed by atoms with Crippen molar-refractivity contribution >= 4 is 16.9 Å². The molecule has 8 heteroatoms. The van der Waals surface area contributed by atoms with Gasteiger partial charge in [-0.3, -0.25) is 4.79 Å². The maximum atomic E-state index is 13.4. The van der Waals surface area contributed by atoms with Crippen molar-refractivity contribution in [3.8, 4) is 11.1 Å². The van der Waals surface area contributed by atoms with Gasteiger partial charge in [-0.15, -0.1) is 0 Å². The molecule has 176 valence electrons. The Morgan fingerprint density at radius 2 is 1.62 bits per heavy atom. The summed E-state index contributed by atoms with van der Waals surface area (Å²) in [6.45, 7) is 1.18. The van der Waals surface area contributed by atoms with Gasteiger partial charge in [-0.25, -0.2) is 13.8 Å². The van der Waals surface area contributed by atoms with Crippen molar-refractivity contribution in [1.29, 1.82) is 0 Å². The molecule has 0 spiro atoms. The Balaban J connectivity index is 1.70. The average molecular weight is 464 g/mol. The average Bonchev–Trinajstić information content (AvgIpc) is 3.20. The van der Waals surface area contributed by atoms with E-state index in [1.54, 1.807) is 28.8 Å². The molecule has 1 heterocycles. The van der Waals surface area contributed by atoms with Gasteiger partial charge in [0.1, 0.15) is 11.6 Å². The van der Waals surface area contributed by atoms with E-state index < -0.39 is 0 Å². The molecule has 34 heavy (non-hydrogen) atoms. The molecule has 0 aliphatic carbocycles. The van der Waals surface area contributed by atoms with Crippen LogP contribution in [0.3, 0.4) is 0 Å². The molecule has 4 aromatic rings. The number of nitrogens with one attached hydrogen (secondary N) is 1. The Kier molecular flexibility index (Phi) is 7.30. The number of benzene rings is 3. The van der Waals surface area contributed by atoms with Crippen molar-refractivity contribution in [2.45, 2.75) is 25.4 Å². The van der Waals surface area contributed by atoms with E-state index in [9.17, 15) is 13.6 Å². The molecule has 0 fully saturated rings. The number of rotatable bonds is 9. The van der Waals surface area contributed by atoms with Crippen LogP contribution in [0.2, 0.25) is 0 Å². The van der Waals surface area contributed by atoms with E-state index in [1.807, 2.05) is 18.2 Å². The number of amides is 1. The van der Waals surface area contributed by atoms with Gasteiger partial charge in [0.2, 0.25) is 0 Å². The van der Waals surface area contributed by atoms with E-state index >= 15 is 0 Å². The Labute approximate surface area is 196 Å². The monoisotopic (exact) mass is 463 g/mol. The fourth-order valence-electron chi connectivity index (χ4n) is 3.84. The normalized spacial score (nSPS) is 12.1. The molecule has 0 aliphatic rings. The smallest absolute Gasteiger partial charge is 0.287 e. The molecule has 0 aliphatic heterocycles. The molecule has 0 saturated carbocycles. The fraction of sp³-hybridized carbons (Fsp3) is 0.231. The van der Waals surface area contributed by atoms with Crippen LogP contribution in [0.25, 0.3) is 22.2 Å². The Bertz CT molecular complexity index is 1270. The van der Waals surface area contributed by atoms with Gasteiger partial charge in [0.25, 0.3) is 5.91 Å². The number of carbonyl (C=O) groups excluding carboxylic acids is 1. The predicted molar refractivity (Wildman–Crippen MR) is 129 cm³/mol. The van der Waals surface area contributed by atoms with Crippen LogP contribution in [0.15, 0.2) is 66.7 Å². The third kappa shape index (κ3) is 5.47. The zero-order valence-electron chi connectivity index (χ0n) is 18.7. The van der Waals surface area contributed by atoms with Crippen LogP contribution in [0.5, 0.6) is 0 Å². The standard InChI is InChI=1S/C26H27F2N5O/c27-20-8-3-17(4-9-20)16-33-24-14-19(18-5-10-21(28)11-6-18)7-12-23(24)32-25(33)26(34)31-15-22(30)2-1-13-29/h3-12,14,22H,1-2,13,15-16,29-30H2,(H,31,34)/t22-/m0/s1. The lowest BCUT2D eigenvalue weighted by molar-refractivity contribution is 0.0937. The minimum atomic E-state index is -0.343. The summed E-state index contributed by atoms with van der Waals surface area (Å²) in [5.74, 6) is -0.747. The topological polar surface area (TPSA) is 99.0 Å². The lowest BCUT2D eigenvalue weighted by atomic mass is 10.1. The largest absolute Gasteiger partial charge is 0.348 e. The van der Waals surface area contributed by atoms with Gasteiger partial charge in [-0.1, -0.05) is 30.3 Å². The maximum Gasteiger partial charge on any atom is 0.287 e. The summed E-state index contributed by atoms with van der Waals surface area (Å²) in [6.07, 6.45) is 1.50. The number of nitrogens with two attached hydrogens (primary N) is 2. The highest BCUT2D eigenvalue weighted by molar-refractivity contribution is 5.95. The van der Waals surface area contributed by atoms with Gasteiger partial charge in [0.15, 0.2) is 5.82 Å². The second-order valence-corrected chi connectivity index (χ2v) is 8.26. The molecule has 1 atom stereocenters. The molecular weight excluding hydrogens is 436 g/mol. The highest BCUT2D eigenvalue weighted by atomic mass is 19.1. The van der Waals surface area contributed by atoms with Gasteiger partial charge >= 0.3 is 0 Å². The maximum absolute atomic E-state index is 13.4. The quantitative estimate of drug-likeness (QED) is 0.351. The van der Waals surface area contributed by atoms with E-state index in [4.69, 9.17) is 11.5 Å². The second kappa shape index (κ2) is 10.5. The van der Waals surface area contributed by atoms with Crippen molar-refractivity contribution in [3.63, 3.8) is 0 Å². The van der Waals surface area contributed by atoms with E-state index in [-0.39, 0.29) is 29.4 Å². The lowest BCUT2D eigenvalue weighted by Crippen LogP contribution is -2.38. The van der Waals surface area contributed by atoms with Crippen molar-refractivity contribution in [1.82, 2.24) is 14.9 Å². The fourth-order valence-corrected chi connectivity index (χ4v) is 3.84. The zero-order valence-corrected chi connectivity index (χ0v) is 18.7. The predicted octanol–water partition coefficient (Wildman–Crippen LogP) is 3.83. The summed E-state index contributed by atoms with van der Waals surface area (Å²) in [7, 11) is 0. The number of imidazole rings is 1. The van der Waals surface area contributed by atoms with Crippen LogP contribution in [-0.2, 0) is 6.54 Å². The summed E-state index contributed by atoms with van der Waals surface area (Å²) < 4.78 is 28.6. The molecule has 5 N–H and O–H groups in total. The van der Waals surface area contributed by atoms with Crippen LogP contribution in [0.4, 0.5) is 8.78 Å². The molecule has 4 rings (SSSR count). The lowest BCUT2D eigenvalue weighted by Gasteiger charge is -2.13. The minimum absolute atomic E-state index is 0.201. The summed E-state index contributed by atoms with van der Waals surface area (Å²) in [6, 6.07) is 17.8. The van der Waals surface area contributed by atoms with E-state index in [2.05, 4.69) is 10.3 Å². The van der Waals surface area contributed by atoms with Crippen LogP contribution in [0.1, 0.15) is 29.0 Å². The third-order valence-corrected chi connectivity index (χ3v) is 5.69. The highest BCUT2D eigenvalue weighted by Crippen LogP contribution is 2.26. The summed E-state index contributed by atoms with van der Waals surface area (Å²) in [4.78, 5) is 17.6. The van der Waals surface area contributed by atoms with Crippen LogP contribution in [0, 0.1) is 11.6 Å². The van der Waals surface area contributed by atoms with Gasteiger partial charge in [-0.2, -0.15) is 0 Å². The minimum Gasteiger partial charge on any atom is -0.348 e. The first-order chi connectivity index (χ1) is 16.4. The molecule has 0 unspecified atom stereocenters. The number of aromatic nitrogens is 2. The van der Waals surface area contributed by atoms with Crippen LogP contribution < -0.4 is 16.8 Å². The SMILES string of the molecule is NCCC[C@H](N)CNC(=O)c1nc2ccc(-c3ccc(F)cc3)cc2n1Cc1ccc(F)cc1. The first-order valence-corrected chi connectivity index (χ1v) is 11.2. The van der Waals surface area contributed by atoms with E-state index in [0.29, 0.717) is 31.6 Å². The Hall–Kier alpha value is -3.62. The van der Waals surface area contributed by atoms with Gasteiger partial charge < -0.3 is 21.4 Å². The Morgan fingerprint density at radius 1 is 0.971 bits per heavy atom. The zero-order chi connectivity index (χ0) is 24.1. The first-order valence-electron chi connectivity index (χ1n) is 11.2. The number of halogens is 2. The summed E-state index contributed by atoms with van der Waals surface area (Å²) in [5.41, 5.74) is 15.5. The number of fused-ring (bicyclic) bond motifs is 1. The number of nitrogens with zero attached hydrogens (tertiary/aromatic N) is 2. The molecule has 0 bridgehead atoms. The molecular formula is C26H27F2N5O. The molecule has 6 nitrogen and oxygen atoms in total.